The van der Waals surface area contributed by atoms with E-state index in [9.17, 15) is 14.4 Å². The number of amides is 4. The summed E-state index contributed by atoms with van der Waals surface area (Å²) in [6, 6.07) is 4.40. The van der Waals surface area contributed by atoms with E-state index in [1.807, 2.05) is 0 Å². The van der Waals surface area contributed by atoms with E-state index >= 15 is 0 Å². The third-order valence-corrected chi connectivity index (χ3v) is 4.95. The highest BCUT2D eigenvalue weighted by atomic mass is 79.9. The first-order valence-electron chi connectivity index (χ1n) is 6.29. The minimum Gasteiger partial charge on any atom is -0.336 e. The molecule has 1 aromatic rings. The quantitative estimate of drug-likeness (QED) is 0.734. The molecule has 110 valence electrons. The molecule has 1 unspecified atom stereocenters. The molecule has 4 amide bonds. The van der Waals surface area contributed by atoms with Crippen LogP contribution in [0, 0.1) is 0 Å². The van der Waals surface area contributed by atoms with Gasteiger partial charge in [-0.3, -0.25) is 14.9 Å². The summed E-state index contributed by atoms with van der Waals surface area (Å²) in [6.07, 6.45) is 0.408. The highest BCUT2D eigenvalue weighted by Crippen LogP contribution is 2.28. The van der Waals surface area contributed by atoms with Crippen molar-refractivity contribution in [1.82, 2.24) is 15.5 Å². The van der Waals surface area contributed by atoms with Gasteiger partial charge in [0, 0.05) is 16.6 Å². The van der Waals surface area contributed by atoms with E-state index in [-0.39, 0.29) is 18.4 Å². The number of halogens is 2. The first-order chi connectivity index (χ1) is 9.91. The fourth-order valence-electron chi connectivity index (χ4n) is 2.61. The van der Waals surface area contributed by atoms with Gasteiger partial charge in [0.25, 0.3) is 11.8 Å². The van der Waals surface area contributed by atoms with Gasteiger partial charge in [0.15, 0.2) is 0 Å². The van der Waals surface area contributed by atoms with Crippen LogP contribution in [0.3, 0.4) is 0 Å². The van der Waals surface area contributed by atoms with Crippen molar-refractivity contribution < 1.29 is 14.4 Å². The van der Waals surface area contributed by atoms with Crippen molar-refractivity contribution in [3.63, 3.8) is 0 Å². The van der Waals surface area contributed by atoms with Crippen LogP contribution >= 0.6 is 27.5 Å². The fourth-order valence-corrected chi connectivity index (χ4v) is 3.11. The molecule has 0 radical (unpaired) electrons. The van der Waals surface area contributed by atoms with Crippen molar-refractivity contribution in [2.75, 3.05) is 13.1 Å². The molecule has 3 rings (SSSR count). The summed E-state index contributed by atoms with van der Waals surface area (Å²) in [5, 5.41) is 5.35. The minimum absolute atomic E-state index is 0.170. The molecule has 0 aliphatic carbocycles. The lowest BCUT2D eigenvalue weighted by Gasteiger charge is -2.21. The van der Waals surface area contributed by atoms with Crippen LogP contribution in [-0.2, 0) is 4.79 Å². The Morgan fingerprint density at radius 3 is 2.76 bits per heavy atom. The monoisotopic (exact) mass is 371 g/mol. The summed E-state index contributed by atoms with van der Waals surface area (Å²) < 4.78 is 0.635. The molecule has 2 saturated heterocycles. The molecule has 0 bridgehead atoms. The van der Waals surface area contributed by atoms with E-state index in [0.717, 1.165) is 0 Å². The molecule has 1 atom stereocenters. The molecule has 6 nitrogen and oxygen atoms in total. The number of nitrogens with one attached hydrogen (secondary N) is 2. The summed E-state index contributed by atoms with van der Waals surface area (Å²) >= 11 is 9.18. The van der Waals surface area contributed by atoms with Gasteiger partial charge >= 0.3 is 6.03 Å². The Kier molecular flexibility index (Phi) is 3.41. The van der Waals surface area contributed by atoms with Gasteiger partial charge in [-0.2, -0.15) is 0 Å². The Bertz CT molecular complexity index is 666. The normalized spacial score (nSPS) is 24.4. The Morgan fingerprint density at radius 1 is 1.38 bits per heavy atom. The third-order valence-electron chi connectivity index (χ3n) is 3.74. The van der Waals surface area contributed by atoms with Gasteiger partial charge < -0.3 is 10.2 Å². The number of benzene rings is 1. The first kappa shape index (κ1) is 14.3. The van der Waals surface area contributed by atoms with Crippen LogP contribution in [0.25, 0.3) is 0 Å². The predicted octanol–water partition coefficient (Wildman–Crippen LogP) is 1.53. The molecule has 2 aliphatic heterocycles. The van der Waals surface area contributed by atoms with Crippen LogP contribution in [0.5, 0.6) is 0 Å². The highest BCUT2D eigenvalue weighted by Gasteiger charge is 2.51. The molecule has 1 spiro atoms. The van der Waals surface area contributed by atoms with E-state index in [0.29, 0.717) is 28.0 Å². The van der Waals surface area contributed by atoms with Gasteiger partial charge in [-0.15, -0.1) is 0 Å². The number of likely N-dealkylation sites (tertiary alicyclic amines) is 1. The van der Waals surface area contributed by atoms with Crippen molar-refractivity contribution in [3.8, 4) is 0 Å². The molecule has 8 heteroatoms. The maximum absolute atomic E-state index is 12.5. The zero-order valence-electron chi connectivity index (χ0n) is 10.8. The number of hydrogen-bond acceptors (Lipinski definition) is 3. The molecule has 0 saturated carbocycles. The highest BCUT2D eigenvalue weighted by molar-refractivity contribution is 9.10. The molecule has 2 N–H and O–H groups in total. The van der Waals surface area contributed by atoms with E-state index in [4.69, 9.17) is 11.6 Å². The van der Waals surface area contributed by atoms with Gasteiger partial charge in [-0.25, -0.2) is 4.79 Å². The average Bonchev–Trinajstić information content (AvgIpc) is 2.97. The fraction of sp³-hybridized carbons (Fsp3) is 0.308. The van der Waals surface area contributed by atoms with Crippen molar-refractivity contribution in [3.05, 3.63) is 33.3 Å². The lowest BCUT2D eigenvalue weighted by molar-refractivity contribution is -0.123. The van der Waals surface area contributed by atoms with Crippen molar-refractivity contribution in [1.29, 1.82) is 0 Å². The smallest absolute Gasteiger partial charge is 0.322 e. The molecule has 1 aromatic carbocycles. The van der Waals surface area contributed by atoms with E-state index < -0.39 is 11.6 Å². The summed E-state index contributed by atoms with van der Waals surface area (Å²) in [6.45, 7) is 0.580. The topological polar surface area (TPSA) is 78.5 Å². The molecular weight excluding hydrogens is 362 g/mol. The van der Waals surface area contributed by atoms with Crippen LogP contribution in [0.4, 0.5) is 4.79 Å². The average molecular weight is 373 g/mol. The molecular formula is C13H11BrClN3O3. The Hall–Kier alpha value is -1.60. The second-order valence-corrected chi connectivity index (χ2v) is 6.36. The molecule has 2 heterocycles. The SMILES string of the molecule is O=C1NC(=O)C2(CCN(C(=O)c3ccc(Cl)c(Br)c3)C2)N1. The number of rotatable bonds is 1. The minimum atomic E-state index is -0.990. The second-order valence-electron chi connectivity index (χ2n) is 5.10. The van der Waals surface area contributed by atoms with Crippen molar-refractivity contribution in [2.24, 2.45) is 0 Å². The summed E-state index contributed by atoms with van der Waals surface area (Å²) in [4.78, 5) is 37.1. The van der Waals surface area contributed by atoms with Gasteiger partial charge in [0.05, 0.1) is 11.6 Å². The molecule has 2 aliphatic rings. The van der Waals surface area contributed by atoms with Gasteiger partial charge in [-0.1, -0.05) is 11.6 Å². The maximum Gasteiger partial charge on any atom is 0.322 e. The lowest BCUT2D eigenvalue weighted by atomic mass is 9.99. The zero-order valence-corrected chi connectivity index (χ0v) is 13.1. The first-order valence-corrected chi connectivity index (χ1v) is 7.46. The number of carbonyl (C=O) groups excluding carboxylic acids is 3. The lowest BCUT2D eigenvalue weighted by Crippen LogP contribution is -2.49. The number of hydrogen-bond donors (Lipinski definition) is 2. The maximum atomic E-state index is 12.5. The standard InChI is InChI=1S/C13H11BrClN3O3/c14-8-5-7(1-2-9(8)15)10(19)18-4-3-13(6-18)11(20)16-12(21)17-13/h1-2,5H,3-4,6H2,(H2,16,17,20,21). The zero-order chi connectivity index (χ0) is 15.2. The number of carbonyl (C=O) groups is 3. The summed E-state index contributed by atoms with van der Waals surface area (Å²) in [5.74, 6) is -0.571. The molecule has 0 aromatic heterocycles. The van der Waals surface area contributed by atoms with Gasteiger partial charge in [0.1, 0.15) is 5.54 Å². The summed E-state index contributed by atoms with van der Waals surface area (Å²) in [5.41, 5.74) is -0.510. The van der Waals surface area contributed by atoms with Crippen LogP contribution in [0.2, 0.25) is 5.02 Å². The van der Waals surface area contributed by atoms with Crippen LogP contribution in [-0.4, -0.2) is 41.4 Å². The predicted molar refractivity (Wildman–Crippen MR) is 79.1 cm³/mol. The van der Waals surface area contributed by atoms with Crippen molar-refractivity contribution in [2.45, 2.75) is 12.0 Å². The number of urea groups is 1. The Morgan fingerprint density at radius 2 is 2.14 bits per heavy atom. The number of imide groups is 1. The Balaban J connectivity index is 1.80. The van der Waals surface area contributed by atoms with Crippen LogP contribution < -0.4 is 10.6 Å². The summed E-state index contributed by atoms with van der Waals surface area (Å²) in [7, 11) is 0. The van der Waals surface area contributed by atoms with E-state index in [1.54, 1.807) is 23.1 Å². The second kappa shape index (κ2) is 4.99. The van der Waals surface area contributed by atoms with E-state index in [2.05, 4.69) is 26.6 Å². The molecule has 21 heavy (non-hydrogen) atoms. The number of nitrogens with zero attached hydrogens (tertiary/aromatic N) is 1. The van der Waals surface area contributed by atoms with Crippen LogP contribution in [0.1, 0.15) is 16.8 Å². The van der Waals surface area contributed by atoms with Crippen LogP contribution in [0.15, 0.2) is 22.7 Å². The Labute approximate surface area is 133 Å². The van der Waals surface area contributed by atoms with Gasteiger partial charge in [0.2, 0.25) is 0 Å². The van der Waals surface area contributed by atoms with Gasteiger partial charge in [-0.05, 0) is 40.5 Å². The largest absolute Gasteiger partial charge is 0.336 e. The molecule has 2 fully saturated rings. The van der Waals surface area contributed by atoms with E-state index in [1.165, 1.54) is 0 Å². The van der Waals surface area contributed by atoms with Crippen molar-refractivity contribution >= 4 is 45.4 Å². The third kappa shape index (κ3) is 2.40.